The van der Waals surface area contributed by atoms with E-state index >= 15 is 0 Å². The lowest BCUT2D eigenvalue weighted by atomic mass is 9.96. The molecule has 1 aliphatic rings. The summed E-state index contributed by atoms with van der Waals surface area (Å²) in [5, 5.41) is 14.5. The molecule has 3 nitrogen and oxygen atoms in total. The van der Waals surface area contributed by atoms with Crippen LogP contribution in [0.1, 0.15) is 24.8 Å². The molecule has 1 saturated carbocycles. The summed E-state index contributed by atoms with van der Waals surface area (Å²) in [6.45, 7) is 1.63. The van der Waals surface area contributed by atoms with E-state index < -0.39 is 5.97 Å². The molecule has 2 atom stereocenters. The summed E-state index contributed by atoms with van der Waals surface area (Å²) in [4.78, 5) is 11.0. The summed E-state index contributed by atoms with van der Waals surface area (Å²) in [5.74, 6) is -0.473. The summed E-state index contributed by atoms with van der Waals surface area (Å²) in [6.07, 6.45) is 2.93. The minimum Gasteiger partial charge on any atom is -0.481 e. The Labute approximate surface area is 113 Å². The van der Waals surface area contributed by atoms with Crippen molar-refractivity contribution in [3.05, 3.63) is 20.8 Å². The van der Waals surface area contributed by atoms with Gasteiger partial charge in [0.05, 0.1) is 9.70 Å². The minimum absolute atomic E-state index is 0.142. The van der Waals surface area contributed by atoms with Gasteiger partial charge in [0.1, 0.15) is 0 Å². The number of carboxylic acids is 1. The Morgan fingerprint density at radius 1 is 1.59 bits per heavy atom. The van der Waals surface area contributed by atoms with Crippen molar-refractivity contribution in [2.75, 3.05) is 6.54 Å². The molecule has 5 heteroatoms. The van der Waals surface area contributed by atoms with Crippen LogP contribution in [0.5, 0.6) is 0 Å². The van der Waals surface area contributed by atoms with E-state index in [1.165, 1.54) is 5.56 Å². The molecule has 0 amide bonds. The van der Waals surface area contributed by atoms with Gasteiger partial charge in [0.15, 0.2) is 0 Å². The van der Waals surface area contributed by atoms with Crippen LogP contribution in [0.3, 0.4) is 0 Å². The fraction of sp³-hybridized carbons (Fsp3) is 0.583. The van der Waals surface area contributed by atoms with Gasteiger partial charge in [0, 0.05) is 6.54 Å². The monoisotopic (exact) mass is 317 g/mol. The Kier molecular flexibility index (Phi) is 4.59. The first kappa shape index (κ1) is 13.1. The Morgan fingerprint density at radius 2 is 2.41 bits per heavy atom. The number of carbonyl (C=O) groups is 1. The van der Waals surface area contributed by atoms with Gasteiger partial charge >= 0.3 is 5.97 Å². The van der Waals surface area contributed by atoms with E-state index in [1.54, 1.807) is 11.3 Å². The predicted molar refractivity (Wildman–Crippen MR) is 72.2 cm³/mol. The van der Waals surface area contributed by atoms with Crippen LogP contribution in [-0.2, 0) is 11.3 Å². The number of hydrogen-bond donors (Lipinski definition) is 2. The van der Waals surface area contributed by atoms with Crippen molar-refractivity contribution in [1.29, 1.82) is 0 Å². The van der Waals surface area contributed by atoms with Crippen molar-refractivity contribution in [2.45, 2.75) is 25.8 Å². The lowest BCUT2D eigenvalue weighted by Crippen LogP contribution is -2.28. The number of carboxylic acid groups (broad SMARTS) is 1. The van der Waals surface area contributed by atoms with Crippen LogP contribution >= 0.6 is 27.3 Å². The lowest BCUT2D eigenvalue weighted by molar-refractivity contribution is -0.142. The van der Waals surface area contributed by atoms with Crippen molar-refractivity contribution < 1.29 is 9.90 Å². The molecule has 2 rings (SSSR count). The summed E-state index contributed by atoms with van der Waals surface area (Å²) in [7, 11) is 0. The number of halogens is 1. The zero-order chi connectivity index (χ0) is 12.3. The van der Waals surface area contributed by atoms with Gasteiger partial charge in [-0.1, -0.05) is 6.42 Å². The van der Waals surface area contributed by atoms with Gasteiger partial charge in [-0.2, -0.15) is 0 Å². The first-order chi connectivity index (χ1) is 8.16. The second-order valence-electron chi connectivity index (χ2n) is 4.53. The summed E-state index contributed by atoms with van der Waals surface area (Å²) >= 11 is 5.11. The first-order valence-corrected chi connectivity index (χ1v) is 7.50. The van der Waals surface area contributed by atoms with E-state index in [-0.39, 0.29) is 5.92 Å². The fourth-order valence-electron chi connectivity index (χ4n) is 2.45. The predicted octanol–water partition coefficient (Wildman–Crippen LogP) is 3.10. The van der Waals surface area contributed by atoms with Gasteiger partial charge in [0.25, 0.3) is 0 Å². The molecule has 0 spiro atoms. The van der Waals surface area contributed by atoms with E-state index in [0.29, 0.717) is 5.92 Å². The molecule has 0 saturated heterocycles. The molecule has 0 radical (unpaired) electrons. The maximum Gasteiger partial charge on any atom is 0.306 e. The van der Waals surface area contributed by atoms with E-state index in [9.17, 15) is 4.79 Å². The Bertz CT molecular complexity index is 394. The molecule has 17 heavy (non-hydrogen) atoms. The fourth-order valence-corrected chi connectivity index (χ4v) is 3.66. The molecule has 0 aromatic carbocycles. The summed E-state index contributed by atoms with van der Waals surface area (Å²) in [6, 6.07) is 2.10. The van der Waals surface area contributed by atoms with Gasteiger partial charge in [-0.05, 0) is 58.2 Å². The van der Waals surface area contributed by atoms with Crippen molar-refractivity contribution >= 4 is 33.2 Å². The van der Waals surface area contributed by atoms with Crippen LogP contribution in [0.4, 0.5) is 0 Å². The third kappa shape index (κ3) is 3.53. The number of nitrogens with one attached hydrogen (secondary N) is 1. The maximum absolute atomic E-state index is 11.0. The van der Waals surface area contributed by atoms with Crippen LogP contribution in [0, 0.1) is 11.8 Å². The van der Waals surface area contributed by atoms with Crippen molar-refractivity contribution in [3.63, 3.8) is 0 Å². The molecule has 94 valence electrons. The molecule has 0 aliphatic heterocycles. The van der Waals surface area contributed by atoms with Crippen LogP contribution in [0.2, 0.25) is 0 Å². The molecular formula is C12H16BrNO2S. The van der Waals surface area contributed by atoms with Crippen molar-refractivity contribution in [2.24, 2.45) is 11.8 Å². The number of hydrogen-bond acceptors (Lipinski definition) is 3. The summed E-state index contributed by atoms with van der Waals surface area (Å²) < 4.78 is 1.14. The van der Waals surface area contributed by atoms with Gasteiger partial charge in [0.2, 0.25) is 0 Å². The zero-order valence-corrected chi connectivity index (χ0v) is 11.9. The average Bonchev–Trinajstić information content (AvgIpc) is 2.87. The van der Waals surface area contributed by atoms with Crippen LogP contribution in [0.25, 0.3) is 0 Å². The largest absolute Gasteiger partial charge is 0.481 e. The quantitative estimate of drug-likeness (QED) is 0.877. The molecule has 2 unspecified atom stereocenters. The van der Waals surface area contributed by atoms with Gasteiger partial charge in [-0.25, -0.2) is 0 Å². The summed E-state index contributed by atoms with van der Waals surface area (Å²) in [5.41, 5.74) is 1.26. The van der Waals surface area contributed by atoms with E-state index in [1.807, 2.05) is 0 Å². The normalized spacial score (nSPS) is 24.1. The molecule has 1 heterocycles. The highest BCUT2D eigenvalue weighted by atomic mass is 79.9. The first-order valence-electron chi connectivity index (χ1n) is 5.83. The SMILES string of the molecule is O=C(O)C1CCCC1CNCc1csc(Br)c1. The molecule has 2 N–H and O–H groups in total. The van der Waals surface area contributed by atoms with Crippen molar-refractivity contribution in [3.8, 4) is 0 Å². The standard InChI is InChI=1S/C12H16BrNO2S/c13-11-4-8(7-17-11)5-14-6-9-2-1-3-10(9)12(15)16/h4,7,9-10,14H,1-3,5-6H2,(H,15,16). The third-order valence-corrected chi connectivity index (χ3v) is 4.89. The Balaban J connectivity index is 1.76. The molecule has 1 aliphatic carbocycles. The van der Waals surface area contributed by atoms with Gasteiger partial charge in [-0.3, -0.25) is 4.79 Å². The van der Waals surface area contributed by atoms with Crippen LogP contribution in [0.15, 0.2) is 15.2 Å². The Hall–Kier alpha value is -0.390. The van der Waals surface area contributed by atoms with E-state index in [4.69, 9.17) is 5.11 Å². The molecule has 1 aromatic heterocycles. The Morgan fingerprint density at radius 3 is 3.06 bits per heavy atom. The highest BCUT2D eigenvalue weighted by Crippen LogP contribution is 2.31. The number of aliphatic carboxylic acids is 1. The van der Waals surface area contributed by atoms with Crippen LogP contribution < -0.4 is 5.32 Å². The second kappa shape index (κ2) is 5.98. The smallest absolute Gasteiger partial charge is 0.306 e. The second-order valence-corrected chi connectivity index (χ2v) is 6.82. The molecule has 1 fully saturated rings. The molecule has 0 bridgehead atoms. The van der Waals surface area contributed by atoms with Gasteiger partial charge < -0.3 is 10.4 Å². The molecular weight excluding hydrogens is 302 g/mol. The molecule has 1 aromatic rings. The topological polar surface area (TPSA) is 49.3 Å². The zero-order valence-electron chi connectivity index (χ0n) is 9.49. The number of rotatable bonds is 5. The van der Waals surface area contributed by atoms with E-state index in [2.05, 4.69) is 32.7 Å². The van der Waals surface area contributed by atoms with Crippen LogP contribution in [-0.4, -0.2) is 17.6 Å². The lowest BCUT2D eigenvalue weighted by Gasteiger charge is -2.15. The maximum atomic E-state index is 11.0. The number of thiophene rings is 1. The van der Waals surface area contributed by atoms with Gasteiger partial charge in [-0.15, -0.1) is 11.3 Å². The van der Waals surface area contributed by atoms with Crippen molar-refractivity contribution in [1.82, 2.24) is 5.32 Å². The van der Waals surface area contributed by atoms with E-state index in [0.717, 1.165) is 36.1 Å². The minimum atomic E-state index is -0.632. The highest BCUT2D eigenvalue weighted by molar-refractivity contribution is 9.11. The average molecular weight is 318 g/mol. The highest BCUT2D eigenvalue weighted by Gasteiger charge is 2.32. The third-order valence-electron chi connectivity index (χ3n) is 3.33.